The number of piperidine rings is 2. The summed E-state index contributed by atoms with van der Waals surface area (Å²) in [5.41, 5.74) is -0.651. The van der Waals surface area contributed by atoms with Gasteiger partial charge in [0.2, 0.25) is 5.91 Å². The molecule has 0 bridgehead atoms. The molecule has 0 saturated carbocycles. The van der Waals surface area contributed by atoms with Crippen LogP contribution in [-0.4, -0.2) is 78.1 Å². The van der Waals surface area contributed by atoms with E-state index in [1.54, 1.807) is 17.0 Å². The van der Waals surface area contributed by atoms with E-state index < -0.39 is 17.3 Å². The van der Waals surface area contributed by atoms with Crippen molar-refractivity contribution < 1.29 is 37.4 Å². The number of carbonyl (C=O) groups is 3. The van der Waals surface area contributed by atoms with Crippen LogP contribution in [0.2, 0.25) is 0 Å². The lowest BCUT2D eigenvalue weighted by Crippen LogP contribution is -2.50. The second-order valence-corrected chi connectivity index (χ2v) is 11.8. The Balaban J connectivity index is 1.13. The van der Waals surface area contributed by atoms with Crippen LogP contribution < -0.4 is 4.90 Å². The molecule has 42 heavy (non-hydrogen) atoms. The van der Waals surface area contributed by atoms with E-state index in [0.717, 1.165) is 31.4 Å². The Morgan fingerprint density at radius 1 is 1.00 bits per heavy atom. The van der Waals surface area contributed by atoms with Gasteiger partial charge in [0.25, 0.3) is 11.8 Å². The van der Waals surface area contributed by atoms with Gasteiger partial charge in [0.1, 0.15) is 0 Å². The maximum atomic E-state index is 13.6. The number of imide groups is 1. The Kier molecular flexibility index (Phi) is 7.51. The SMILES string of the molecule is O=C(C1CCCN(c2cccc3c2C(=O)N(CC2CCCO2)C3=O)C1)N1CCC(O)(c2cccc(C(F)(F)F)c2)CC1. The number of hydrogen-bond donors (Lipinski definition) is 1. The standard InChI is InChI=1S/C31H34F3N3O5/c32-31(33,34)22-7-1-6-21(17-22)30(41)11-14-35(15-12-30)27(38)20-5-3-13-36(18-20)25-10-2-9-24-26(25)29(40)37(28(24)39)19-23-8-4-16-42-23/h1-2,6-7,9-10,17,20,23,41H,3-5,8,11-16,18-19H2. The van der Waals surface area contributed by atoms with Crippen LogP contribution in [0, 0.1) is 5.92 Å². The highest BCUT2D eigenvalue weighted by molar-refractivity contribution is 6.23. The number of carbonyl (C=O) groups excluding carboxylic acids is 3. The molecule has 2 atom stereocenters. The summed E-state index contributed by atoms with van der Waals surface area (Å²) in [5, 5.41) is 11.2. The number of anilines is 1. The molecule has 11 heteroatoms. The van der Waals surface area contributed by atoms with Crippen molar-refractivity contribution >= 4 is 23.4 Å². The molecule has 3 fully saturated rings. The number of halogens is 3. The smallest absolute Gasteiger partial charge is 0.385 e. The highest BCUT2D eigenvalue weighted by Gasteiger charge is 2.42. The normalized spacial score (nSPS) is 24.3. The lowest BCUT2D eigenvalue weighted by molar-refractivity contribution is -0.140. The minimum atomic E-state index is -4.50. The molecule has 0 aliphatic carbocycles. The minimum Gasteiger partial charge on any atom is -0.385 e. The first kappa shape index (κ1) is 28.7. The first-order valence-corrected chi connectivity index (χ1v) is 14.6. The fourth-order valence-corrected chi connectivity index (χ4v) is 6.76. The molecule has 2 aromatic rings. The molecular weight excluding hydrogens is 551 g/mol. The first-order chi connectivity index (χ1) is 20.0. The van der Waals surface area contributed by atoms with Crippen molar-refractivity contribution in [3.63, 3.8) is 0 Å². The predicted octanol–water partition coefficient (Wildman–Crippen LogP) is 4.21. The van der Waals surface area contributed by atoms with Crippen LogP contribution in [0.5, 0.6) is 0 Å². The average molecular weight is 586 g/mol. The molecule has 2 aromatic carbocycles. The molecule has 4 aliphatic rings. The number of hydrogen-bond acceptors (Lipinski definition) is 6. The van der Waals surface area contributed by atoms with Crippen molar-refractivity contribution in [2.45, 2.75) is 56.4 Å². The van der Waals surface area contributed by atoms with Crippen molar-refractivity contribution in [1.82, 2.24) is 9.80 Å². The van der Waals surface area contributed by atoms with E-state index in [4.69, 9.17) is 4.74 Å². The lowest BCUT2D eigenvalue weighted by Gasteiger charge is -2.41. The summed E-state index contributed by atoms with van der Waals surface area (Å²) >= 11 is 0. The van der Waals surface area contributed by atoms with Crippen molar-refractivity contribution in [3.8, 4) is 0 Å². The second-order valence-electron chi connectivity index (χ2n) is 11.8. The molecular formula is C31H34F3N3O5. The third-order valence-corrected chi connectivity index (χ3v) is 9.13. The molecule has 4 aliphatic heterocycles. The number of amides is 3. The highest BCUT2D eigenvalue weighted by atomic mass is 19.4. The summed E-state index contributed by atoms with van der Waals surface area (Å²) < 4.78 is 45.3. The van der Waals surface area contributed by atoms with Crippen LogP contribution in [-0.2, 0) is 21.3 Å². The van der Waals surface area contributed by atoms with E-state index in [-0.39, 0.29) is 67.8 Å². The Morgan fingerprint density at radius 2 is 1.76 bits per heavy atom. The van der Waals surface area contributed by atoms with E-state index in [9.17, 15) is 32.7 Å². The number of benzene rings is 2. The number of aliphatic hydroxyl groups is 1. The summed E-state index contributed by atoms with van der Waals surface area (Å²) in [6, 6.07) is 10.0. The third kappa shape index (κ3) is 5.28. The van der Waals surface area contributed by atoms with Gasteiger partial charge in [-0.3, -0.25) is 19.3 Å². The van der Waals surface area contributed by atoms with Crippen LogP contribution in [0.4, 0.5) is 18.9 Å². The van der Waals surface area contributed by atoms with Gasteiger partial charge >= 0.3 is 6.18 Å². The zero-order valence-corrected chi connectivity index (χ0v) is 23.2. The maximum absolute atomic E-state index is 13.6. The Labute approximate surface area is 242 Å². The van der Waals surface area contributed by atoms with E-state index >= 15 is 0 Å². The first-order valence-electron chi connectivity index (χ1n) is 14.6. The van der Waals surface area contributed by atoms with Crippen molar-refractivity contribution in [2.24, 2.45) is 5.92 Å². The topological polar surface area (TPSA) is 90.4 Å². The van der Waals surface area contributed by atoms with Crippen LogP contribution >= 0.6 is 0 Å². The lowest BCUT2D eigenvalue weighted by atomic mass is 9.83. The third-order valence-electron chi connectivity index (χ3n) is 9.13. The number of fused-ring (bicyclic) bond motifs is 1. The quantitative estimate of drug-likeness (QED) is 0.529. The fraction of sp³-hybridized carbons (Fsp3) is 0.516. The van der Waals surface area contributed by atoms with Crippen molar-refractivity contribution in [2.75, 3.05) is 44.2 Å². The van der Waals surface area contributed by atoms with Gasteiger partial charge in [-0.2, -0.15) is 13.2 Å². The van der Waals surface area contributed by atoms with Gasteiger partial charge in [-0.15, -0.1) is 0 Å². The fourth-order valence-electron chi connectivity index (χ4n) is 6.76. The monoisotopic (exact) mass is 585 g/mol. The molecule has 224 valence electrons. The van der Waals surface area contributed by atoms with Crippen LogP contribution in [0.1, 0.15) is 70.4 Å². The molecule has 8 nitrogen and oxygen atoms in total. The van der Waals surface area contributed by atoms with Gasteiger partial charge in [0.15, 0.2) is 0 Å². The zero-order chi connectivity index (χ0) is 29.6. The van der Waals surface area contributed by atoms with Gasteiger partial charge < -0.3 is 19.6 Å². The van der Waals surface area contributed by atoms with Gasteiger partial charge in [-0.1, -0.05) is 18.2 Å². The summed E-state index contributed by atoms with van der Waals surface area (Å²) in [6.45, 7) is 2.35. The Morgan fingerprint density at radius 3 is 2.48 bits per heavy atom. The van der Waals surface area contributed by atoms with Gasteiger partial charge in [-0.25, -0.2) is 0 Å². The molecule has 0 radical (unpaired) electrons. The summed E-state index contributed by atoms with van der Waals surface area (Å²) in [5.74, 6) is -1.07. The largest absolute Gasteiger partial charge is 0.416 e. The van der Waals surface area contributed by atoms with Gasteiger partial charge in [-0.05, 0) is 68.4 Å². The van der Waals surface area contributed by atoms with Crippen molar-refractivity contribution in [1.29, 1.82) is 0 Å². The van der Waals surface area contributed by atoms with E-state index in [1.807, 2.05) is 11.0 Å². The van der Waals surface area contributed by atoms with Gasteiger partial charge in [0.05, 0.1) is 46.5 Å². The molecule has 4 heterocycles. The minimum absolute atomic E-state index is 0.0687. The molecule has 2 unspecified atom stereocenters. The molecule has 6 rings (SSSR count). The zero-order valence-electron chi connectivity index (χ0n) is 23.2. The number of likely N-dealkylation sites (tertiary alicyclic amines) is 1. The number of ether oxygens (including phenoxy) is 1. The van der Waals surface area contributed by atoms with E-state index in [0.29, 0.717) is 42.9 Å². The Bertz CT molecular complexity index is 1380. The predicted molar refractivity (Wildman–Crippen MR) is 147 cm³/mol. The van der Waals surface area contributed by atoms with Crippen LogP contribution in [0.15, 0.2) is 42.5 Å². The molecule has 0 aromatic heterocycles. The molecule has 0 spiro atoms. The second kappa shape index (κ2) is 11.0. The molecule has 3 amide bonds. The van der Waals surface area contributed by atoms with E-state index in [1.165, 1.54) is 17.0 Å². The number of nitrogens with zero attached hydrogens (tertiary/aromatic N) is 3. The summed E-state index contributed by atoms with van der Waals surface area (Å²) in [4.78, 5) is 45.1. The molecule has 3 saturated heterocycles. The number of alkyl halides is 3. The van der Waals surface area contributed by atoms with Gasteiger partial charge in [0, 0.05) is 32.8 Å². The summed E-state index contributed by atoms with van der Waals surface area (Å²) in [7, 11) is 0. The van der Waals surface area contributed by atoms with Crippen LogP contribution in [0.3, 0.4) is 0 Å². The van der Waals surface area contributed by atoms with Crippen LogP contribution in [0.25, 0.3) is 0 Å². The maximum Gasteiger partial charge on any atom is 0.416 e. The molecule has 1 N–H and O–H groups in total. The summed E-state index contributed by atoms with van der Waals surface area (Å²) in [6.07, 6.45) is -1.27. The van der Waals surface area contributed by atoms with Crippen molar-refractivity contribution in [3.05, 3.63) is 64.7 Å². The van der Waals surface area contributed by atoms with E-state index in [2.05, 4.69) is 0 Å². The Hall–Kier alpha value is -3.44. The average Bonchev–Trinajstić information content (AvgIpc) is 3.60. The number of rotatable bonds is 5. The highest BCUT2D eigenvalue weighted by Crippen LogP contribution is 2.38.